The lowest BCUT2D eigenvalue weighted by atomic mass is 10.1. The summed E-state index contributed by atoms with van der Waals surface area (Å²) in [6, 6.07) is 18.8. The number of para-hydroxylation sites is 3. The summed E-state index contributed by atoms with van der Waals surface area (Å²) in [4.78, 5) is 12.6. The quantitative estimate of drug-likeness (QED) is 0.522. The van der Waals surface area contributed by atoms with Crippen LogP contribution >= 0.6 is 0 Å². The van der Waals surface area contributed by atoms with Crippen molar-refractivity contribution in [1.82, 2.24) is 4.57 Å². The van der Waals surface area contributed by atoms with Gasteiger partial charge in [-0.2, -0.15) is 10.5 Å². The molecule has 0 radical (unpaired) electrons. The van der Waals surface area contributed by atoms with E-state index in [0.29, 0.717) is 24.4 Å². The summed E-state index contributed by atoms with van der Waals surface area (Å²) in [6.45, 7) is 0.542. The number of benzene rings is 2. The summed E-state index contributed by atoms with van der Waals surface area (Å²) in [7, 11) is 1.52. The summed E-state index contributed by atoms with van der Waals surface area (Å²) >= 11 is 0. The molecule has 0 aliphatic rings. The monoisotopic (exact) mass is 370 g/mol. The number of amides is 1. The number of hydrogen-bond donors (Lipinski definition) is 1. The largest absolute Gasteiger partial charge is 0.495 e. The molecular formula is C22H18N4O2. The third-order valence-corrected chi connectivity index (χ3v) is 4.30. The molecule has 2 aromatic carbocycles. The third-order valence-electron chi connectivity index (χ3n) is 4.30. The SMILES string of the molecule is COc1ccccc1NC(=O)/C(C#N)=C\c1cn(CCC#N)c2ccccc12. The van der Waals surface area contributed by atoms with Gasteiger partial charge in [-0.3, -0.25) is 4.79 Å². The minimum Gasteiger partial charge on any atom is -0.495 e. The van der Waals surface area contributed by atoms with Crippen molar-refractivity contribution in [3.05, 3.63) is 65.9 Å². The van der Waals surface area contributed by atoms with Gasteiger partial charge in [-0.05, 0) is 24.3 Å². The standard InChI is InChI=1S/C22H18N4O2/c1-28-21-10-5-3-8-19(21)25-22(27)16(14-24)13-17-15-26(12-6-11-23)20-9-4-2-7-18(17)20/h2-5,7-10,13,15H,6,12H2,1H3,(H,25,27)/b16-13-. The van der Waals surface area contributed by atoms with Crippen LogP contribution in [0.25, 0.3) is 17.0 Å². The highest BCUT2D eigenvalue weighted by molar-refractivity contribution is 6.11. The van der Waals surface area contributed by atoms with Gasteiger partial charge in [0, 0.05) is 29.2 Å². The summed E-state index contributed by atoms with van der Waals surface area (Å²) in [6.07, 6.45) is 3.80. The maximum absolute atomic E-state index is 12.6. The van der Waals surface area contributed by atoms with Crippen LogP contribution in [0.5, 0.6) is 5.75 Å². The van der Waals surface area contributed by atoms with Crippen molar-refractivity contribution < 1.29 is 9.53 Å². The van der Waals surface area contributed by atoms with Gasteiger partial charge in [-0.25, -0.2) is 0 Å². The lowest BCUT2D eigenvalue weighted by Gasteiger charge is -2.09. The van der Waals surface area contributed by atoms with Gasteiger partial charge in [0.2, 0.25) is 0 Å². The van der Waals surface area contributed by atoms with Crippen LogP contribution in [0.1, 0.15) is 12.0 Å². The van der Waals surface area contributed by atoms with E-state index < -0.39 is 5.91 Å². The molecule has 0 saturated heterocycles. The number of hydrogen-bond acceptors (Lipinski definition) is 4. The van der Waals surface area contributed by atoms with Crippen LogP contribution in [0.2, 0.25) is 0 Å². The Kier molecular flexibility index (Phi) is 5.74. The maximum atomic E-state index is 12.6. The van der Waals surface area contributed by atoms with Gasteiger partial charge in [-0.1, -0.05) is 30.3 Å². The Morgan fingerprint density at radius 1 is 1.18 bits per heavy atom. The molecule has 28 heavy (non-hydrogen) atoms. The number of carbonyl (C=O) groups excluding carboxylic acids is 1. The minimum absolute atomic E-state index is 0.0194. The molecule has 0 atom stereocenters. The van der Waals surface area contributed by atoms with Crippen molar-refractivity contribution >= 4 is 28.6 Å². The van der Waals surface area contributed by atoms with Crippen molar-refractivity contribution in [2.75, 3.05) is 12.4 Å². The predicted octanol–water partition coefficient (Wildman–Crippen LogP) is 4.11. The van der Waals surface area contributed by atoms with E-state index in [1.54, 1.807) is 30.3 Å². The van der Waals surface area contributed by atoms with Gasteiger partial charge in [0.15, 0.2) is 0 Å². The summed E-state index contributed by atoms with van der Waals surface area (Å²) in [5.41, 5.74) is 2.17. The number of methoxy groups -OCH3 is 1. The average Bonchev–Trinajstić information content (AvgIpc) is 3.08. The molecule has 0 bridgehead atoms. The zero-order valence-corrected chi connectivity index (χ0v) is 15.3. The van der Waals surface area contributed by atoms with Crippen LogP contribution < -0.4 is 10.1 Å². The summed E-state index contributed by atoms with van der Waals surface area (Å²) in [5, 5.41) is 22.0. The number of ether oxygens (including phenoxy) is 1. The van der Waals surface area contributed by atoms with Crippen molar-refractivity contribution in [2.45, 2.75) is 13.0 Å². The van der Waals surface area contributed by atoms with Crippen molar-refractivity contribution in [3.63, 3.8) is 0 Å². The van der Waals surface area contributed by atoms with E-state index in [9.17, 15) is 10.1 Å². The number of aryl methyl sites for hydroxylation is 1. The highest BCUT2D eigenvalue weighted by atomic mass is 16.5. The molecule has 138 valence electrons. The lowest BCUT2D eigenvalue weighted by Crippen LogP contribution is -2.14. The topological polar surface area (TPSA) is 90.8 Å². The molecule has 0 unspecified atom stereocenters. The maximum Gasteiger partial charge on any atom is 0.266 e. The van der Waals surface area contributed by atoms with Crippen LogP contribution in [-0.4, -0.2) is 17.6 Å². The predicted molar refractivity (Wildman–Crippen MR) is 107 cm³/mol. The number of nitriles is 2. The second-order valence-electron chi connectivity index (χ2n) is 6.03. The third kappa shape index (κ3) is 3.87. The fraction of sp³-hybridized carbons (Fsp3) is 0.136. The first kappa shape index (κ1) is 18.8. The van der Waals surface area contributed by atoms with Crippen molar-refractivity contribution in [2.24, 2.45) is 0 Å². The fourth-order valence-corrected chi connectivity index (χ4v) is 2.99. The highest BCUT2D eigenvalue weighted by Crippen LogP contribution is 2.26. The van der Waals surface area contributed by atoms with E-state index in [4.69, 9.17) is 10.00 Å². The van der Waals surface area contributed by atoms with E-state index in [1.807, 2.05) is 41.1 Å². The second kappa shape index (κ2) is 8.57. The van der Waals surface area contributed by atoms with Crippen LogP contribution in [0.4, 0.5) is 5.69 Å². The Balaban J connectivity index is 1.95. The first-order valence-corrected chi connectivity index (χ1v) is 8.69. The smallest absolute Gasteiger partial charge is 0.266 e. The van der Waals surface area contributed by atoms with Gasteiger partial charge >= 0.3 is 0 Å². The molecule has 1 amide bonds. The van der Waals surface area contributed by atoms with Gasteiger partial charge in [0.1, 0.15) is 17.4 Å². The zero-order chi connectivity index (χ0) is 19.9. The van der Waals surface area contributed by atoms with Crippen LogP contribution in [0.3, 0.4) is 0 Å². The molecule has 0 spiro atoms. The molecule has 0 aliphatic carbocycles. The fourth-order valence-electron chi connectivity index (χ4n) is 2.99. The highest BCUT2D eigenvalue weighted by Gasteiger charge is 2.14. The Bertz CT molecular complexity index is 1130. The zero-order valence-electron chi connectivity index (χ0n) is 15.3. The van der Waals surface area contributed by atoms with Crippen LogP contribution in [0, 0.1) is 22.7 Å². The molecule has 0 fully saturated rings. The van der Waals surface area contributed by atoms with Crippen LogP contribution in [-0.2, 0) is 11.3 Å². The molecule has 0 saturated carbocycles. The molecule has 3 rings (SSSR count). The van der Waals surface area contributed by atoms with Crippen LogP contribution in [0.15, 0.2) is 60.3 Å². The molecular weight excluding hydrogens is 352 g/mol. The van der Waals surface area contributed by atoms with Gasteiger partial charge in [0.05, 0.1) is 25.3 Å². The van der Waals surface area contributed by atoms with Crippen molar-refractivity contribution in [3.8, 4) is 17.9 Å². The summed E-state index contributed by atoms with van der Waals surface area (Å²) < 4.78 is 7.19. The minimum atomic E-state index is -0.513. The van der Waals surface area contributed by atoms with Gasteiger partial charge < -0.3 is 14.6 Å². The van der Waals surface area contributed by atoms with E-state index in [2.05, 4.69) is 11.4 Å². The summed E-state index contributed by atoms with van der Waals surface area (Å²) in [5.74, 6) is 0.00195. The lowest BCUT2D eigenvalue weighted by molar-refractivity contribution is -0.112. The first-order valence-electron chi connectivity index (χ1n) is 8.69. The molecule has 3 aromatic rings. The number of fused-ring (bicyclic) bond motifs is 1. The molecule has 1 aromatic heterocycles. The Morgan fingerprint density at radius 3 is 2.68 bits per heavy atom. The number of carbonyl (C=O) groups is 1. The average molecular weight is 370 g/mol. The number of nitrogens with one attached hydrogen (secondary N) is 1. The Morgan fingerprint density at radius 2 is 1.93 bits per heavy atom. The van der Waals surface area contributed by atoms with Crippen molar-refractivity contribution in [1.29, 1.82) is 10.5 Å². The second-order valence-corrected chi connectivity index (χ2v) is 6.03. The number of rotatable bonds is 6. The number of aromatic nitrogens is 1. The number of nitrogens with zero attached hydrogens (tertiary/aromatic N) is 3. The Labute approximate surface area is 162 Å². The van der Waals surface area contributed by atoms with E-state index in [1.165, 1.54) is 7.11 Å². The molecule has 6 nitrogen and oxygen atoms in total. The molecule has 1 N–H and O–H groups in total. The van der Waals surface area contributed by atoms with Gasteiger partial charge in [-0.15, -0.1) is 0 Å². The normalized spacial score (nSPS) is 10.9. The first-order chi connectivity index (χ1) is 13.7. The number of anilines is 1. The van der Waals surface area contributed by atoms with E-state index in [-0.39, 0.29) is 5.57 Å². The molecule has 0 aliphatic heterocycles. The van der Waals surface area contributed by atoms with Gasteiger partial charge in [0.25, 0.3) is 5.91 Å². The van der Waals surface area contributed by atoms with E-state index in [0.717, 1.165) is 16.5 Å². The van der Waals surface area contributed by atoms with E-state index >= 15 is 0 Å². The molecule has 1 heterocycles. The Hall–Kier alpha value is -4.03. The molecule has 6 heteroatoms.